The maximum Gasteiger partial charge on any atom is 0.187 e. The summed E-state index contributed by atoms with van der Waals surface area (Å²) in [5.74, 6) is 0. The fourth-order valence-corrected chi connectivity index (χ4v) is 2.83. The molecule has 5 atom stereocenters. The van der Waals surface area contributed by atoms with Crippen molar-refractivity contribution in [2.24, 2.45) is 5.73 Å². The molecule has 0 aromatic carbocycles. The Morgan fingerprint density at radius 1 is 0.840 bits per heavy atom. The Morgan fingerprint density at radius 2 is 1.48 bits per heavy atom. The Bertz CT molecular complexity index is 352. The summed E-state index contributed by atoms with van der Waals surface area (Å²) < 4.78 is 10.6. The lowest BCUT2D eigenvalue weighted by Gasteiger charge is -2.39. The van der Waals surface area contributed by atoms with Crippen LogP contribution in [0.25, 0.3) is 0 Å². The maximum absolute atomic E-state index is 9.83. The minimum absolute atomic E-state index is 0.238. The first-order valence-corrected chi connectivity index (χ1v) is 9.39. The van der Waals surface area contributed by atoms with Crippen LogP contribution in [-0.4, -0.2) is 70.9 Å². The number of rotatable bonds is 13. The molecule has 0 aromatic heterocycles. The SMILES string of the molecule is NCCCCCCCCCC=CCO[C@@H]1O[C@H](CO)[C@H](O)[C@H](O)[C@H]1O. The topological polar surface area (TPSA) is 125 Å². The van der Waals surface area contributed by atoms with Gasteiger partial charge in [0.1, 0.15) is 24.4 Å². The molecule has 148 valence electrons. The quantitative estimate of drug-likeness (QED) is 0.238. The second kappa shape index (κ2) is 13.6. The van der Waals surface area contributed by atoms with E-state index >= 15 is 0 Å². The van der Waals surface area contributed by atoms with Gasteiger partial charge in [0.25, 0.3) is 0 Å². The third kappa shape index (κ3) is 8.59. The van der Waals surface area contributed by atoms with Crippen LogP contribution in [0, 0.1) is 0 Å². The Morgan fingerprint density at radius 3 is 2.12 bits per heavy atom. The minimum Gasteiger partial charge on any atom is -0.394 e. The van der Waals surface area contributed by atoms with E-state index in [2.05, 4.69) is 0 Å². The van der Waals surface area contributed by atoms with Gasteiger partial charge in [-0.15, -0.1) is 0 Å². The van der Waals surface area contributed by atoms with Crippen LogP contribution in [0.1, 0.15) is 51.4 Å². The van der Waals surface area contributed by atoms with Gasteiger partial charge in [-0.2, -0.15) is 0 Å². The molecule has 25 heavy (non-hydrogen) atoms. The molecule has 1 heterocycles. The van der Waals surface area contributed by atoms with Crippen LogP contribution in [0.5, 0.6) is 0 Å². The van der Waals surface area contributed by atoms with E-state index in [1.165, 1.54) is 32.1 Å². The van der Waals surface area contributed by atoms with E-state index in [0.717, 1.165) is 25.8 Å². The molecule has 0 aliphatic carbocycles. The summed E-state index contributed by atoms with van der Waals surface area (Å²) in [5, 5.41) is 38.3. The van der Waals surface area contributed by atoms with Gasteiger partial charge >= 0.3 is 0 Å². The summed E-state index contributed by atoms with van der Waals surface area (Å²) in [6.07, 6.45) is 7.23. The van der Waals surface area contributed by atoms with Crippen molar-refractivity contribution >= 4 is 0 Å². The maximum atomic E-state index is 9.83. The third-order valence-corrected chi connectivity index (χ3v) is 4.45. The number of hydrogen-bond donors (Lipinski definition) is 5. The molecular weight excluding hydrogens is 326 g/mol. The smallest absolute Gasteiger partial charge is 0.187 e. The van der Waals surface area contributed by atoms with Crippen LogP contribution in [0.4, 0.5) is 0 Å². The number of aliphatic hydroxyl groups excluding tert-OH is 4. The van der Waals surface area contributed by atoms with E-state index in [9.17, 15) is 15.3 Å². The number of hydrogen-bond acceptors (Lipinski definition) is 7. The zero-order chi connectivity index (χ0) is 18.5. The first kappa shape index (κ1) is 22.5. The number of aliphatic hydroxyl groups is 4. The predicted octanol–water partition coefficient (Wildman–Crippen LogP) is 0.439. The predicted molar refractivity (Wildman–Crippen MR) is 94.8 cm³/mol. The van der Waals surface area contributed by atoms with Gasteiger partial charge in [-0.25, -0.2) is 0 Å². The molecule has 0 bridgehead atoms. The molecule has 0 spiro atoms. The molecule has 0 aromatic rings. The largest absolute Gasteiger partial charge is 0.394 e. The molecule has 0 amide bonds. The zero-order valence-electron chi connectivity index (χ0n) is 15.0. The molecule has 0 saturated carbocycles. The summed E-state index contributed by atoms with van der Waals surface area (Å²) in [5.41, 5.74) is 5.46. The van der Waals surface area contributed by atoms with Gasteiger partial charge in [-0.05, 0) is 25.8 Å². The molecule has 0 radical (unpaired) electrons. The fraction of sp³-hybridized carbons (Fsp3) is 0.889. The van der Waals surface area contributed by atoms with Crippen molar-refractivity contribution in [1.29, 1.82) is 0 Å². The van der Waals surface area contributed by atoms with Gasteiger partial charge in [-0.1, -0.05) is 44.3 Å². The van der Waals surface area contributed by atoms with E-state index in [1.54, 1.807) is 0 Å². The van der Waals surface area contributed by atoms with Gasteiger partial charge in [0.05, 0.1) is 13.2 Å². The molecule has 1 saturated heterocycles. The minimum atomic E-state index is -1.40. The van der Waals surface area contributed by atoms with Gasteiger partial charge in [0.15, 0.2) is 6.29 Å². The van der Waals surface area contributed by atoms with Crippen molar-refractivity contribution in [3.8, 4) is 0 Å². The van der Waals surface area contributed by atoms with Crippen LogP contribution in [-0.2, 0) is 9.47 Å². The number of nitrogens with two attached hydrogens (primary N) is 1. The Labute approximate surface area is 150 Å². The molecular formula is C18H35NO6. The van der Waals surface area contributed by atoms with Gasteiger partial charge < -0.3 is 35.6 Å². The van der Waals surface area contributed by atoms with E-state index in [-0.39, 0.29) is 6.61 Å². The molecule has 7 heteroatoms. The Kier molecular flexibility index (Phi) is 12.3. The zero-order valence-corrected chi connectivity index (χ0v) is 15.0. The lowest BCUT2D eigenvalue weighted by Crippen LogP contribution is -2.59. The van der Waals surface area contributed by atoms with Crippen molar-refractivity contribution < 1.29 is 29.9 Å². The second-order valence-corrected chi connectivity index (χ2v) is 6.55. The molecule has 1 rings (SSSR count). The summed E-state index contributed by atoms with van der Waals surface area (Å²) in [6.45, 7) is 0.574. The average Bonchev–Trinajstić information content (AvgIpc) is 2.62. The summed E-state index contributed by atoms with van der Waals surface area (Å²) in [7, 11) is 0. The van der Waals surface area contributed by atoms with Crippen molar-refractivity contribution in [1.82, 2.24) is 0 Å². The van der Waals surface area contributed by atoms with Gasteiger partial charge in [0, 0.05) is 0 Å². The summed E-state index contributed by atoms with van der Waals surface area (Å²) in [4.78, 5) is 0. The second-order valence-electron chi connectivity index (χ2n) is 6.55. The normalized spacial score (nSPS) is 30.2. The van der Waals surface area contributed by atoms with Crippen molar-refractivity contribution in [2.75, 3.05) is 19.8 Å². The van der Waals surface area contributed by atoms with E-state index in [0.29, 0.717) is 0 Å². The lowest BCUT2D eigenvalue weighted by molar-refractivity contribution is -0.298. The van der Waals surface area contributed by atoms with Crippen LogP contribution in [0.2, 0.25) is 0 Å². The average molecular weight is 361 g/mol. The molecule has 1 aliphatic heterocycles. The van der Waals surface area contributed by atoms with Crippen molar-refractivity contribution in [3.63, 3.8) is 0 Å². The van der Waals surface area contributed by atoms with Crippen LogP contribution < -0.4 is 5.73 Å². The van der Waals surface area contributed by atoms with E-state index in [1.807, 2.05) is 12.2 Å². The fourth-order valence-electron chi connectivity index (χ4n) is 2.83. The Hall–Kier alpha value is -0.540. The highest BCUT2D eigenvalue weighted by atomic mass is 16.7. The standard InChI is InChI=1S/C18H35NO6/c19-11-9-7-5-3-1-2-4-6-8-10-12-24-18-17(23)16(22)15(21)14(13-20)25-18/h8,10,14-18,20-23H,1-7,9,11-13,19H2/t14-,15+,16+,17-,18-/m1/s1. The highest BCUT2D eigenvalue weighted by Crippen LogP contribution is 2.21. The lowest BCUT2D eigenvalue weighted by atomic mass is 9.99. The van der Waals surface area contributed by atoms with E-state index < -0.39 is 37.3 Å². The number of allylic oxidation sites excluding steroid dienone is 1. The van der Waals surface area contributed by atoms with Crippen molar-refractivity contribution in [3.05, 3.63) is 12.2 Å². The van der Waals surface area contributed by atoms with E-state index in [4.69, 9.17) is 20.3 Å². The van der Waals surface area contributed by atoms with Crippen LogP contribution in [0.3, 0.4) is 0 Å². The third-order valence-electron chi connectivity index (χ3n) is 4.45. The Balaban J connectivity index is 2.07. The number of unbranched alkanes of at least 4 members (excludes halogenated alkanes) is 7. The summed E-state index contributed by atoms with van der Waals surface area (Å²) in [6, 6.07) is 0. The summed E-state index contributed by atoms with van der Waals surface area (Å²) >= 11 is 0. The van der Waals surface area contributed by atoms with Gasteiger partial charge in [-0.3, -0.25) is 0 Å². The molecule has 6 N–H and O–H groups in total. The molecule has 1 fully saturated rings. The highest BCUT2D eigenvalue weighted by molar-refractivity contribution is 4.89. The van der Waals surface area contributed by atoms with Crippen LogP contribution >= 0.6 is 0 Å². The molecule has 0 unspecified atom stereocenters. The first-order valence-electron chi connectivity index (χ1n) is 9.39. The first-order chi connectivity index (χ1) is 12.1. The van der Waals surface area contributed by atoms with Gasteiger partial charge in [0.2, 0.25) is 0 Å². The monoisotopic (exact) mass is 361 g/mol. The highest BCUT2D eigenvalue weighted by Gasteiger charge is 2.43. The molecule has 1 aliphatic rings. The van der Waals surface area contributed by atoms with Crippen LogP contribution in [0.15, 0.2) is 12.2 Å². The van der Waals surface area contributed by atoms with Crippen molar-refractivity contribution in [2.45, 2.75) is 82.1 Å². The number of ether oxygens (including phenoxy) is 2. The molecule has 7 nitrogen and oxygen atoms in total.